The molecule has 2 heterocycles. The van der Waals surface area contributed by atoms with Crippen LogP contribution in [0.3, 0.4) is 0 Å². The van der Waals surface area contributed by atoms with Gasteiger partial charge in [-0.2, -0.15) is 0 Å². The maximum absolute atomic E-state index is 12.1. The monoisotopic (exact) mass is 286 g/mol. The second kappa shape index (κ2) is 6.61. The highest BCUT2D eigenvalue weighted by molar-refractivity contribution is 5.76. The van der Waals surface area contributed by atoms with E-state index in [1.807, 2.05) is 0 Å². The van der Waals surface area contributed by atoms with Gasteiger partial charge in [0.05, 0.1) is 0 Å². The van der Waals surface area contributed by atoms with Crippen molar-refractivity contribution in [1.29, 1.82) is 0 Å². The molecule has 2 aliphatic rings. The number of hydrogen-bond acceptors (Lipinski definition) is 2. The summed E-state index contributed by atoms with van der Waals surface area (Å²) in [5.74, 6) is 0.817. The zero-order valence-electron chi connectivity index (χ0n) is 12.9. The molecule has 21 heavy (non-hydrogen) atoms. The molecule has 114 valence electrons. The summed E-state index contributed by atoms with van der Waals surface area (Å²) in [5.41, 5.74) is 2.64. The Morgan fingerprint density at radius 1 is 1.24 bits per heavy atom. The average Bonchev–Trinajstić information content (AvgIpc) is 2.80. The van der Waals surface area contributed by atoms with Gasteiger partial charge in [-0.15, -0.1) is 0 Å². The summed E-state index contributed by atoms with van der Waals surface area (Å²) in [4.78, 5) is 12.1. The van der Waals surface area contributed by atoms with E-state index in [1.165, 1.54) is 36.8 Å². The van der Waals surface area contributed by atoms with Crippen molar-refractivity contribution in [2.75, 3.05) is 6.54 Å². The van der Waals surface area contributed by atoms with Crippen LogP contribution in [0.2, 0.25) is 0 Å². The first-order chi connectivity index (χ1) is 10.2. The second-order valence-electron chi connectivity index (χ2n) is 6.71. The van der Waals surface area contributed by atoms with Crippen molar-refractivity contribution in [3.8, 4) is 0 Å². The van der Waals surface area contributed by atoms with Gasteiger partial charge in [-0.1, -0.05) is 24.3 Å². The first-order valence-corrected chi connectivity index (χ1v) is 8.28. The van der Waals surface area contributed by atoms with Crippen LogP contribution in [0.25, 0.3) is 0 Å². The third kappa shape index (κ3) is 3.85. The number of benzene rings is 1. The summed E-state index contributed by atoms with van der Waals surface area (Å²) < 4.78 is 0. The fourth-order valence-electron chi connectivity index (χ4n) is 3.90. The molecule has 2 fully saturated rings. The maximum Gasteiger partial charge on any atom is 0.220 e. The first-order valence-electron chi connectivity index (χ1n) is 8.28. The van der Waals surface area contributed by atoms with E-state index in [1.54, 1.807) is 0 Å². The minimum absolute atomic E-state index is 0.231. The lowest BCUT2D eigenvalue weighted by Gasteiger charge is -2.28. The zero-order chi connectivity index (χ0) is 14.7. The molecule has 2 bridgehead atoms. The number of carbonyl (C=O) groups is 1. The summed E-state index contributed by atoms with van der Waals surface area (Å²) >= 11 is 0. The van der Waals surface area contributed by atoms with Crippen molar-refractivity contribution in [2.45, 2.75) is 57.5 Å². The van der Waals surface area contributed by atoms with Crippen LogP contribution < -0.4 is 10.6 Å². The Hall–Kier alpha value is -1.35. The molecule has 3 rings (SSSR count). The van der Waals surface area contributed by atoms with E-state index in [2.05, 4.69) is 41.8 Å². The van der Waals surface area contributed by atoms with Crippen LogP contribution in [0, 0.1) is 12.8 Å². The Morgan fingerprint density at radius 2 is 1.95 bits per heavy atom. The average molecular weight is 286 g/mol. The van der Waals surface area contributed by atoms with E-state index in [-0.39, 0.29) is 5.91 Å². The summed E-state index contributed by atoms with van der Waals surface area (Å²) in [5, 5.41) is 6.73. The number of hydrogen-bond donors (Lipinski definition) is 2. The number of rotatable bonds is 5. The van der Waals surface area contributed by atoms with Crippen molar-refractivity contribution in [1.82, 2.24) is 10.6 Å². The van der Waals surface area contributed by atoms with Gasteiger partial charge in [0.1, 0.15) is 0 Å². The molecule has 1 aromatic carbocycles. The van der Waals surface area contributed by atoms with Gasteiger partial charge in [-0.3, -0.25) is 4.79 Å². The molecule has 3 heteroatoms. The highest BCUT2D eigenvalue weighted by atomic mass is 16.1. The largest absolute Gasteiger partial charge is 0.356 e. The molecule has 0 radical (unpaired) electrons. The van der Waals surface area contributed by atoms with E-state index in [0.717, 1.165) is 13.0 Å². The second-order valence-corrected chi connectivity index (χ2v) is 6.71. The Morgan fingerprint density at radius 3 is 2.67 bits per heavy atom. The van der Waals surface area contributed by atoms with Crippen molar-refractivity contribution < 1.29 is 4.79 Å². The van der Waals surface area contributed by atoms with Gasteiger partial charge in [0.15, 0.2) is 0 Å². The Balaban J connectivity index is 1.40. The molecule has 0 aliphatic carbocycles. The van der Waals surface area contributed by atoms with E-state index >= 15 is 0 Å². The highest BCUT2D eigenvalue weighted by Gasteiger charge is 2.33. The van der Waals surface area contributed by atoms with E-state index in [4.69, 9.17) is 0 Å². The predicted molar refractivity (Wildman–Crippen MR) is 85.2 cm³/mol. The summed E-state index contributed by atoms with van der Waals surface area (Å²) in [6.45, 7) is 2.88. The smallest absolute Gasteiger partial charge is 0.220 e. The molecule has 1 amide bonds. The van der Waals surface area contributed by atoms with Gasteiger partial charge in [-0.05, 0) is 56.1 Å². The van der Waals surface area contributed by atoms with E-state index in [9.17, 15) is 4.79 Å². The van der Waals surface area contributed by atoms with Gasteiger partial charge in [-0.25, -0.2) is 0 Å². The molecule has 0 aromatic heterocycles. The van der Waals surface area contributed by atoms with Crippen LogP contribution in [0.15, 0.2) is 24.3 Å². The van der Waals surface area contributed by atoms with Crippen LogP contribution in [0.4, 0.5) is 0 Å². The SMILES string of the molecule is Cc1ccccc1CCNC(=O)CC1CC2CCC(C1)N2. The first kappa shape index (κ1) is 14.6. The van der Waals surface area contributed by atoms with Crippen molar-refractivity contribution in [3.05, 3.63) is 35.4 Å². The lowest BCUT2D eigenvalue weighted by Crippen LogP contribution is -2.39. The van der Waals surface area contributed by atoms with Gasteiger partial charge in [0.2, 0.25) is 5.91 Å². The van der Waals surface area contributed by atoms with Crippen LogP contribution >= 0.6 is 0 Å². The molecule has 3 nitrogen and oxygen atoms in total. The van der Waals surface area contributed by atoms with Gasteiger partial charge in [0, 0.05) is 25.0 Å². The van der Waals surface area contributed by atoms with Crippen molar-refractivity contribution in [2.24, 2.45) is 5.92 Å². The third-order valence-corrected chi connectivity index (χ3v) is 5.02. The maximum atomic E-state index is 12.1. The number of nitrogens with one attached hydrogen (secondary N) is 2. The number of fused-ring (bicyclic) bond motifs is 2. The Labute approximate surface area is 127 Å². The molecular weight excluding hydrogens is 260 g/mol. The standard InChI is InChI=1S/C18H26N2O/c1-13-4-2-3-5-15(13)8-9-19-18(21)12-14-10-16-6-7-17(11-14)20-16/h2-5,14,16-17,20H,6-12H2,1H3,(H,19,21). The molecule has 2 aliphatic heterocycles. The van der Waals surface area contributed by atoms with Crippen molar-refractivity contribution >= 4 is 5.91 Å². The van der Waals surface area contributed by atoms with Crippen LogP contribution in [0.5, 0.6) is 0 Å². The molecule has 1 aromatic rings. The van der Waals surface area contributed by atoms with Gasteiger partial charge in [0.25, 0.3) is 0 Å². The van der Waals surface area contributed by atoms with E-state index in [0.29, 0.717) is 24.4 Å². The number of carbonyl (C=O) groups excluding carboxylic acids is 1. The number of aryl methyl sites for hydroxylation is 1. The van der Waals surface area contributed by atoms with Gasteiger partial charge >= 0.3 is 0 Å². The third-order valence-electron chi connectivity index (χ3n) is 5.02. The fraction of sp³-hybridized carbons (Fsp3) is 0.611. The van der Waals surface area contributed by atoms with Crippen LogP contribution in [-0.2, 0) is 11.2 Å². The number of piperidine rings is 1. The topological polar surface area (TPSA) is 41.1 Å². The highest BCUT2D eigenvalue weighted by Crippen LogP contribution is 2.32. The molecule has 2 atom stereocenters. The summed E-state index contributed by atoms with van der Waals surface area (Å²) in [6.07, 6.45) is 6.61. The molecule has 2 N–H and O–H groups in total. The summed E-state index contributed by atoms with van der Waals surface area (Å²) in [6, 6.07) is 9.74. The summed E-state index contributed by atoms with van der Waals surface area (Å²) in [7, 11) is 0. The lowest BCUT2D eigenvalue weighted by atomic mass is 9.89. The molecular formula is C18H26N2O. The fourth-order valence-corrected chi connectivity index (χ4v) is 3.90. The molecule has 0 spiro atoms. The predicted octanol–water partition coefficient (Wildman–Crippen LogP) is 2.57. The minimum atomic E-state index is 0.231. The van der Waals surface area contributed by atoms with Crippen LogP contribution in [-0.4, -0.2) is 24.5 Å². The molecule has 0 saturated carbocycles. The zero-order valence-corrected chi connectivity index (χ0v) is 12.9. The lowest BCUT2D eigenvalue weighted by molar-refractivity contribution is -0.122. The van der Waals surface area contributed by atoms with Crippen molar-refractivity contribution in [3.63, 3.8) is 0 Å². The Bertz CT molecular complexity index is 488. The van der Waals surface area contributed by atoms with E-state index < -0.39 is 0 Å². The van der Waals surface area contributed by atoms with Gasteiger partial charge < -0.3 is 10.6 Å². The van der Waals surface area contributed by atoms with Crippen LogP contribution in [0.1, 0.15) is 43.2 Å². The minimum Gasteiger partial charge on any atom is -0.356 e. The Kier molecular flexibility index (Phi) is 4.59. The quantitative estimate of drug-likeness (QED) is 0.873. The normalized spacial score (nSPS) is 27.6. The number of amides is 1. The molecule has 2 saturated heterocycles. The molecule has 2 unspecified atom stereocenters.